The molecule has 1 atom stereocenters. The fourth-order valence-electron chi connectivity index (χ4n) is 3.06. The van der Waals surface area contributed by atoms with Crippen molar-refractivity contribution in [3.05, 3.63) is 52.5 Å². The molecule has 2 rings (SSSR count). The van der Waals surface area contributed by atoms with Crippen LogP contribution in [0.25, 0.3) is 0 Å². The van der Waals surface area contributed by atoms with Crippen molar-refractivity contribution < 1.29 is 22.5 Å². The van der Waals surface area contributed by atoms with E-state index in [-0.39, 0.29) is 16.9 Å². The lowest BCUT2D eigenvalue weighted by Gasteiger charge is -2.19. The van der Waals surface area contributed by atoms with Crippen LogP contribution in [0.4, 0.5) is 0 Å². The number of hydrogen-bond acceptors (Lipinski definition) is 4. The van der Waals surface area contributed by atoms with Gasteiger partial charge in [0.1, 0.15) is 5.75 Å². The summed E-state index contributed by atoms with van der Waals surface area (Å²) in [4.78, 5) is 12.0. The van der Waals surface area contributed by atoms with Gasteiger partial charge in [-0.3, -0.25) is 4.55 Å². The molecule has 0 aliphatic heterocycles. The molecule has 1 aromatic rings. The molecule has 0 saturated carbocycles. The first-order valence-corrected chi connectivity index (χ1v) is 9.86. The Labute approximate surface area is 149 Å². The maximum atomic E-state index is 12.2. The van der Waals surface area contributed by atoms with Gasteiger partial charge in [0.15, 0.2) is 0 Å². The van der Waals surface area contributed by atoms with Gasteiger partial charge in [0.2, 0.25) is 0 Å². The number of allylic oxidation sites excluding steroid dienone is 2. The van der Waals surface area contributed by atoms with Crippen LogP contribution in [0, 0.1) is 5.92 Å². The normalized spacial score (nSPS) is 16.2. The van der Waals surface area contributed by atoms with Crippen molar-refractivity contribution in [2.75, 3.05) is 0 Å². The first kappa shape index (κ1) is 19.4. The van der Waals surface area contributed by atoms with Crippen LogP contribution in [-0.4, -0.2) is 18.9 Å². The molecule has 1 aliphatic rings. The summed E-state index contributed by atoms with van der Waals surface area (Å²) in [5, 5.41) is 0. The highest BCUT2D eigenvalue weighted by atomic mass is 32.2. The molecular weight excluding hydrogens is 340 g/mol. The summed E-state index contributed by atoms with van der Waals surface area (Å²) in [7, 11) is -4.28. The van der Waals surface area contributed by atoms with Crippen molar-refractivity contribution in [3.63, 3.8) is 0 Å². The summed E-state index contributed by atoms with van der Waals surface area (Å²) in [6.07, 6.45) is 4.35. The van der Waals surface area contributed by atoms with E-state index >= 15 is 0 Å². The molecule has 0 saturated heterocycles. The number of rotatable bonds is 6. The molecule has 0 aromatic heterocycles. The third kappa shape index (κ3) is 5.03. The zero-order valence-corrected chi connectivity index (χ0v) is 15.5. The van der Waals surface area contributed by atoms with Crippen LogP contribution in [0.1, 0.15) is 51.5 Å². The average Bonchev–Trinajstić information content (AvgIpc) is 2.56. The molecule has 5 nitrogen and oxygen atoms in total. The highest BCUT2D eigenvalue weighted by Crippen LogP contribution is 2.29. The molecule has 0 heterocycles. The number of carbonyl (C=O) groups is 1. The number of hydrogen-bond donors (Lipinski definition) is 1. The molecule has 1 unspecified atom stereocenters. The number of esters is 1. The van der Waals surface area contributed by atoms with E-state index in [0.717, 1.165) is 6.42 Å². The molecule has 1 N–H and O–H groups in total. The summed E-state index contributed by atoms with van der Waals surface area (Å²) >= 11 is 0. The minimum absolute atomic E-state index is 0.136. The van der Waals surface area contributed by atoms with Gasteiger partial charge < -0.3 is 4.74 Å². The second kappa shape index (κ2) is 7.97. The van der Waals surface area contributed by atoms with Gasteiger partial charge in [0, 0.05) is 0 Å². The van der Waals surface area contributed by atoms with Crippen LogP contribution >= 0.6 is 0 Å². The van der Waals surface area contributed by atoms with Crippen LogP contribution in [0.3, 0.4) is 0 Å². The molecule has 25 heavy (non-hydrogen) atoms. The van der Waals surface area contributed by atoms with Gasteiger partial charge in [0.05, 0.1) is 10.5 Å². The molecule has 0 radical (unpaired) electrons. The summed E-state index contributed by atoms with van der Waals surface area (Å²) in [6.45, 7) is 6.50. The maximum Gasteiger partial charge on any atom is 0.343 e. The Morgan fingerprint density at radius 2 is 1.88 bits per heavy atom. The SMILES string of the molecule is CCC(c1ccc(OC(=O)C2=CCCC(S(=O)(=O)O)=C2)cc1)C(C)C. The van der Waals surface area contributed by atoms with Crippen molar-refractivity contribution in [2.24, 2.45) is 5.92 Å². The van der Waals surface area contributed by atoms with Crippen molar-refractivity contribution in [1.82, 2.24) is 0 Å². The Kier molecular flexibility index (Phi) is 6.19. The van der Waals surface area contributed by atoms with Crippen LogP contribution in [0.15, 0.2) is 46.9 Å². The Morgan fingerprint density at radius 3 is 2.40 bits per heavy atom. The van der Waals surface area contributed by atoms with Crippen molar-refractivity contribution in [3.8, 4) is 5.75 Å². The predicted octanol–water partition coefficient (Wildman–Crippen LogP) is 4.23. The van der Waals surface area contributed by atoms with E-state index in [4.69, 9.17) is 9.29 Å². The highest BCUT2D eigenvalue weighted by Gasteiger charge is 2.21. The predicted molar refractivity (Wildman–Crippen MR) is 96.9 cm³/mol. The van der Waals surface area contributed by atoms with Gasteiger partial charge in [-0.15, -0.1) is 0 Å². The Hall–Kier alpha value is -1.92. The quantitative estimate of drug-likeness (QED) is 0.464. The zero-order chi connectivity index (χ0) is 18.6. The lowest BCUT2D eigenvalue weighted by molar-refractivity contribution is -0.129. The topological polar surface area (TPSA) is 80.7 Å². The van der Waals surface area contributed by atoms with Crippen LogP contribution < -0.4 is 4.74 Å². The Bertz CT molecular complexity index is 786. The summed E-state index contributed by atoms with van der Waals surface area (Å²) < 4.78 is 36.8. The van der Waals surface area contributed by atoms with Gasteiger partial charge in [-0.05, 0) is 54.9 Å². The van der Waals surface area contributed by atoms with E-state index in [1.165, 1.54) is 11.6 Å². The van der Waals surface area contributed by atoms with Crippen LogP contribution in [-0.2, 0) is 14.9 Å². The number of ether oxygens (including phenoxy) is 1. The minimum atomic E-state index is -4.28. The molecule has 0 bridgehead atoms. The first-order valence-electron chi connectivity index (χ1n) is 8.42. The van der Waals surface area contributed by atoms with E-state index in [0.29, 0.717) is 24.0 Å². The molecule has 0 spiro atoms. The monoisotopic (exact) mass is 364 g/mol. The average molecular weight is 364 g/mol. The Morgan fingerprint density at radius 1 is 1.24 bits per heavy atom. The fourth-order valence-corrected chi connectivity index (χ4v) is 3.71. The van der Waals surface area contributed by atoms with E-state index in [1.807, 2.05) is 12.1 Å². The van der Waals surface area contributed by atoms with Crippen LogP contribution in [0.5, 0.6) is 5.75 Å². The summed E-state index contributed by atoms with van der Waals surface area (Å²) in [6, 6.07) is 7.39. The highest BCUT2D eigenvalue weighted by molar-refractivity contribution is 7.89. The number of carbonyl (C=O) groups excluding carboxylic acids is 1. The van der Waals surface area contributed by atoms with Gasteiger partial charge in [-0.1, -0.05) is 39.0 Å². The molecule has 1 aromatic carbocycles. The second-order valence-corrected chi connectivity index (χ2v) is 7.98. The van der Waals surface area contributed by atoms with Crippen LogP contribution in [0.2, 0.25) is 0 Å². The molecule has 6 heteroatoms. The molecule has 1 aliphatic carbocycles. The standard InChI is InChI=1S/C19H24O5S/c1-4-18(13(2)3)14-8-10-16(11-9-14)24-19(20)15-6-5-7-17(12-15)25(21,22)23/h6,8-13,18H,4-5,7H2,1-3H3,(H,21,22,23). The molecule has 136 valence electrons. The van der Waals surface area contributed by atoms with E-state index in [9.17, 15) is 13.2 Å². The van der Waals surface area contributed by atoms with Gasteiger partial charge >= 0.3 is 5.97 Å². The third-order valence-electron chi connectivity index (χ3n) is 4.40. The third-order valence-corrected chi connectivity index (χ3v) is 5.39. The van der Waals surface area contributed by atoms with Gasteiger partial charge in [-0.25, -0.2) is 4.79 Å². The van der Waals surface area contributed by atoms with Crippen molar-refractivity contribution >= 4 is 16.1 Å². The molecular formula is C19H24O5S. The second-order valence-electron chi connectivity index (χ2n) is 6.50. The largest absolute Gasteiger partial charge is 0.423 e. The zero-order valence-electron chi connectivity index (χ0n) is 14.7. The van der Waals surface area contributed by atoms with Gasteiger partial charge in [-0.2, -0.15) is 8.42 Å². The maximum absolute atomic E-state index is 12.2. The molecule has 0 fully saturated rings. The first-order chi connectivity index (χ1) is 11.7. The van der Waals surface area contributed by atoms with Gasteiger partial charge in [0.25, 0.3) is 10.1 Å². The minimum Gasteiger partial charge on any atom is -0.423 e. The number of benzene rings is 1. The molecule has 0 amide bonds. The Balaban J connectivity index is 2.11. The smallest absolute Gasteiger partial charge is 0.343 e. The lowest BCUT2D eigenvalue weighted by Crippen LogP contribution is -2.14. The summed E-state index contributed by atoms with van der Waals surface area (Å²) in [5.74, 6) is 0.742. The van der Waals surface area contributed by atoms with E-state index in [1.54, 1.807) is 18.2 Å². The van der Waals surface area contributed by atoms with Crippen molar-refractivity contribution in [1.29, 1.82) is 0 Å². The van der Waals surface area contributed by atoms with E-state index in [2.05, 4.69) is 20.8 Å². The summed E-state index contributed by atoms with van der Waals surface area (Å²) in [5.41, 5.74) is 1.33. The van der Waals surface area contributed by atoms with Crippen molar-refractivity contribution in [2.45, 2.75) is 46.0 Å². The van der Waals surface area contributed by atoms with E-state index < -0.39 is 16.1 Å². The lowest BCUT2D eigenvalue weighted by atomic mass is 9.86. The fraction of sp³-hybridized carbons (Fsp3) is 0.421.